The molecule has 0 aliphatic rings. The Bertz CT molecular complexity index is 583. The smallest absolute Gasteiger partial charge is 0.261 e. The molecule has 3 N–H and O–H groups in total. The van der Waals surface area contributed by atoms with Gasteiger partial charge in [0.1, 0.15) is 0 Å². The molecule has 0 spiro atoms. The van der Waals surface area contributed by atoms with E-state index in [-0.39, 0.29) is 5.91 Å². The van der Waals surface area contributed by atoms with Crippen LogP contribution in [0.4, 0.5) is 11.4 Å². The Kier molecular flexibility index (Phi) is 3.77. The van der Waals surface area contributed by atoms with E-state index >= 15 is 0 Å². The molecule has 0 atom stereocenters. The quantitative estimate of drug-likeness (QED) is 0.650. The standard InChI is InChI=1S/C14H16N4O/c1-10-8-13(17-15)12(9-16-10)14(19)18(2)11-6-4-3-5-7-11/h3-9H,15H2,1-2H3,(H,16,17). The van der Waals surface area contributed by atoms with Gasteiger partial charge in [-0.05, 0) is 25.1 Å². The maximum atomic E-state index is 12.4. The monoisotopic (exact) mass is 256 g/mol. The van der Waals surface area contributed by atoms with Gasteiger partial charge in [-0.2, -0.15) is 0 Å². The third kappa shape index (κ3) is 2.71. The number of nitrogens with two attached hydrogens (primary N) is 1. The third-order valence-corrected chi connectivity index (χ3v) is 2.87. The van der Waals surface area contributed by atoms with Crippen LogP contribution in [0.25, 0.3) is 0 Å². The molecule has 0 radical (unpaired) electrons. The fraction of sp³-hybridized carbons (Fsp3) is 0.143. The van der Waals surface area contributed by atoms with Crippen molar-refractivity contribution in [2.45, 2.75) is 6.92 Å². The minimum absolute atomic E-state index is 0.161. The second-order valence-corrected chi connectivity index (χ2v) is 4.22. The largest absolute Gasteiger partial charge is 0.323 e. The number of carbonyl (C=O) groups is 1. The molecule has 2 aromatic rings. The Hall–Kier alpha value is -2.40. The van der Waals surface area contributed by atoms with E-state index in [0.29, 0.717) is 11.3 Å². The number of hydrogen-bond donors (Lipinski definition) is 2. The Balaban J connectivity index is 2.34. The van der Waals surface area contributed by atoms with Gasteiger partial charge in [0.25, 0.3) is 5.91 Å². The summed E-state index contributed by atoms with van der Waals surface area (Å²) in [7, 11) is 1.72. The average Bonchev–Trinajstić information content (AvgIpc) is 2.46. The molecule has 5 nitrogen and oxygen atoms in total. The summed E-state index contributed by atoms with van der Waals surface area (Å²) in [5, 5.41) is 0. The minimum Gasteiger partial charge on any atom is -0.323 e. The van der Waals surface area contributed by atoms with Crippen molar-refractivity contribution in [2.75, 3.05) is 17.4 Å². The minimum atomic E-state index is -0.161. The van der Waals surface area contributed by atoms with Crippen molar-refractivity contribution >= 4 is 17.3 Å². The number of carbonyl (C=O) groups excluding carboxylic acids is 1. The van der Waals surface area contributed by atoms with Crippen molar-refractivity contribution in [3.63, 3.8) is 0 Å². The summed E-state index contributed by atoms with van der Waals surface area (Å²) in [6, 6.07) is 11.2. The predicted molar refractivity (Wildman–Crippen MR) is 76.0 cm³/mol. The van der Waals surface area contributed by atoms with Crippen LogP contribution in [0.3, 0.4) is 0 Å². The zero-order valence-corrected chi connectivity index (χ0v) is 10.9. The van der Waals surface area contributed by atoms with Gasteiger partial charge in [0.05, 0.1) is 11.3 Å². The number of hydrogen-bond acceptors (Lipinski definition) is 4. The second-order valence-electron chi connectivity index (χ2n) is 4.22. The number of aromatic nitrogens is 1. The highest BCUT2D eigenvalue weighted by molar-refractivity contribution is 6.09. The van der Waals surface area contributed by atoms with Crippen LogP contribution in [0.2, 0.25) is 0 Å². The molecule has 19 heavy (non-hydrogen) atoms. The summed E-state index contributed by atoms with van der Waals surface area (Å²) in [5.74, 6) is 5.29. The number of hydrazine groups is 1. The maximum Gasteiger partial charge on any atom is 0.261 e. The van der Waals surface area contributed by atoms with Gasteiger partial charge in [0, 0.05) is 24.6 Å². The molecule has 2 rings (SSSR count). The normalized spacial score (nSPS) is 10.1. The summed E-state index contributed by atoms with van der Waals surface area (Å²) in [4.78, 5) is 18.1. The predicted octanol–water partition coefficient (Wildman–Crippen LogP) is 1.95. The molecule has 0 saturated heterocycles. The molecular formula is C14H16N4O. The van der Waals surface area contributed by atoms with Crippen molar-refractivity contribution in [3.8, 4) is 0 Å². The maximum absolute atomic E-state index is 12.4. The van der Waals surface area contributed by atoms with Crippen LogP contribution in [-0.2, 0) is 0 Å². The molecule has 98 valence electrons. The number of nitrogens with zero attached hydrogens (tertiary/aromatic N) is 2. The van der Waals surface area contributed by atoms with E-state index in [1.807, 2.05) is 37.3 Å². The molecule has 1 aromatic carbocycles. The van der Waals surface area contributed by atoms with Gasteiger partial charge in [-0.15, -0.1) is 0 Å². The summed E-state index contributed by atoms with van der Waals surface area (Å²) < 4.78 is 0. The van der Waals surface area contributed by atoms with Gasteiger partial charge in [0.2, 0.25) is 0 Å². The molecule has 5 heteroatoms. The van der Waals surface area contributed by atoms with E-state index in [9.17, 15) is 4.79 Å². The van der Waals surface area contributed by atoms with Gasteiger partial charge in [-0.1, -0.05) is 18.2 Å². The summed E-state index contributed by atoms with van der Waals surface area (Å²) in [6.45, 7) is 1.84. The van der Waals surface area contributed by atoms with E-state index in [4.69, 9.17) is 5.84 Å². The molecular weight excluding hydrogens is 240 g/mol. The topological polar surface area (TPSA) is 71.2 Å². The average molecular weight is 256 g/mol. The highest BCUT2D eigenvalue weighted by atomic mass is 16.2. The summed E-state index contributed by atoms with van der Waals surface area (Å²) in [6.07, 6.45) is 1.53. The first-order chi connectivity index (χ1) is 9.13. The molecule has 0 bridgehead atoms. The van der Waals surface area contributed by atoms with Crippen molar-refractivity contribution in [1.29, 1.82) is 0 Å². The molecule has 0 saturated carbocycles. The molecule has 0 fully saturated rings. The van der Waals surface area contributed by atoms with Crippen molar-refractivity contribution in [1.82, 2.24) is 4.98 Å². The Morgan fingerprint density at radius 3 is 2.63 bits per heavy atom. The van der Waals surface area contributed by atoms with Crippen LogP contribution in [0.15, 0.2) is 42.6 Å². The van der Waals surface area contributed by atoms with E-state index in [2.05, 4.69) is 10.4 Å². The molecule has 1 aromatic heterocycles. The first kappa shape index (κ1) is 13.0. The van der Waals surface area contributed by atoms with Crippen LogP contribution in [0.1, 0.15) is 16.1 Å². The zero-order valence-electron chi connectivity index (χ0n) is 10.9. The van der Waals surface area contributed by atoms with Crippen LogP contribution in [-0.4, -0.2) is 17.9 Å². The third-order valence-electron chi connectivity index (χ3n) is 2.87. The number of anilines is 2. The first-order valence-corrected chi connectivity index (χ1v) is 5.90. The number of nitrogen functional groups attached to an aromatic ring is 1. The van der Waals surface area contributed by atoms with Crippen LogP contribution < -0.4 is 16.2 Å². The Labute approximate surface area is 112 Å². The fourth-order valence-corrected chi connectivity index (χ4v) is 1.80. The summed E-state index contributed by atoms with van der Waals surface area (Å²) in [5.41, 5.74) is 5.16. The van der Waals surface area contributed by atoms with Gasteiger partial charge in [-0.25, -0.2) is 0 Å². The van der Waals surface area contributed by atoms with Crippen molar-refractivity contribution in [2.24, 2.45) is 5.84 Å². The lowest BCUT2D eigenvalue weighted by atomic mass is 10.2. The number of benzene rings is 1. The Morgan fingerprint density at radius 2 is 2.00 bits per heavy atom. The van der Waals surface area contributed by atoms with E-state index in [0.717, 1.165) is 11.4 Å². The van der Waals surface area contributed by atoms with Crippen LogP contribution in [0, 0.1) is 6.92 Å². The van der Waals surface area contributed by atoms with E-state index in [1.165, 1.54) is 6.20 Å². The second kappa shape index (κ2) is 5.49. The lowest BCUT2D eigenvalue weighted by Crippen LogP contribution is -2.28. The lowest BCUT2D eigenvalue weighted by molar-refractivity contribution is 0.0993. The number of pyridine rings is 1. The highest BCUT2D eigenvalue weighted by Gasteiger charge is 2.17. The fourth-order valence-electron chi connectivity index (χ4n) is 1.80. The van der Waals surface area contributed by atoms with Crippen LogP contribution >= 0.6 is 0 Å². The number of nitrogens with one attached hydrogen (secondary N) is 1. The number of rotatable bonds is 3. The molecule has 1 heterocycles. The number of para-hydroxylation sites is 1. The van der Waals surface area contributed by atoms with Crippen molar-refractivity contribution in [3.05, 3.63) is 53.9 Å². The number of amides is 1. The van der Waals surface area contributed by atoms with Gasteiger partial charge < -0.3 is 10.3 Å². The van der Waals surface area contributed by atoms with Gasteiger partial charge in [-0.3, -0.25) is 15.6 Å². The molecule has 0 unspecified atom stereocenters. The van der Waals surface area contributed by atoms with Gasteiger partial charge >= 0.3 is 0 Å². The Morgan fingerprint density at radius 1 is 1.32 bits per heavy atom. The number of aryl methyl sites for hydroxylation is 1. The van der Waals surface area contributed by atoms with E-state index in [1.54, 1.807) is 18.0 Å². The zero-order chi connectivity index (χ0) is 13.8. The molecule has 0 aliphatic carbocycles. The van der Waals surface area contributed by atoms with Crippen molar-refractivity contribution < 1.29 is 4.79 Å². The highest BCUT2D eigenvalue weighted by Crippen LogP contribution is 2.20. The lowest BCUT2D eigenvalue weighted by Gasteiger charge is -2.18. The molecule has 0 aliphatic heterocycles. The summed E-state index contributed by atoms with van der Waals surface area (Å²) >= 11 is 0. The van der Waals surface area contributed by atoms with Gasteiger partial charge in [0.15, 0.2) is 0 Å². The van der Waals surface area contributed by atoms with E-state index < -0.39 is 0 Å². The SMILES string of the molecule is Cc1cc(NN)c(C(=O)N(C)c2ccccc2)cn1. The van der Waals surface area contributed by atoms with Crippen LogP contribution in [0.5, 0.6) is 0 Å². The first-order valence-electron chi connectivity index (χ1n) is 5.90. The molecule has 1 amide bonds.